The molecule has 0 aromatic heterocycles. The molecule has 2 unspecified atom stereocenters. The number of carbonyl (C=O) groups is 2. The van der Waals surface area contributed by atoms with Gasteiger partial charge in [-0.1, -0.05) is 67.4 Å². The number of amides is 1. The van der Waals surface area contributed by atoms with Crippen molar-refractivity contribution in [2.75, 3.05) is 0 Å². The van der Waals surface area contributed by atoms with E-state index in [9.17, 15) is 14.0 Å². The van der Waals surface area contributed by atoms with Gasteiger partial charge in [0.25, 0.3) is 0 Å². The highest BCUT2D eigenvalue weighted by Gasteiger charge is 2.41. The van der Waals surface area contributed by atoms with Gasteiger partial charge in [0, 0.05) is 11.1 Å². The van der Waals surface area contributed by atoms with Crippen LogP contribution >= 0.6 is 12.8 Å². The van der Waals surface area contributed by atoms with Gasteiger partial charge >= 0.3 is 5.97 Å². The molecule has 3 aromatic rings. The van der Waals surface area contributed by atoms with Crippen molar-refractivity contribution in [1.29, 1.82) is 0 Å². The Bertz CT molecular complexity index is 1220. The molecule has 7 heteroatoms. The SMILES string of the molecule is CC(C)(C)OC(=O)CC(C(=O)NS)c1ccc(OC2c3c(CF)ccc(-c4ccccc4)c32)cc1. The molecule has 0 saturated carbocycles. The highest BCUT2D eigenvalue weighted by molar-refractivity contribution is 7.78. The third-order valence-corrected chi connectivity index (χ3v) is 6.02. The first kappa shape index (κ1) is 24.8. The molecule has 5 nitrogen and oxygen atoms in total. The van der Waals surface area contributed by atoms with Crippen molar-refractivity contribution in [1.82, 2.24) is 4.72 Å². The summed E-state index contributed by atoms with van der Waals surface area (Å²) in [5.74, 6) is -1.04. The maximum atomic E-state index is 13.6. The van der Waals surface area contributed by atoms with Crippen LogP contribution in [0.5, 0.6) is 5.75 Å². The Kier molecular flexibility index (Phi) is 7.17. The molecule has 3 aromatic carbocycles. The lowest BCUT2D eigenvalue weighted by atomic mass is 9.95. The summed E-state index contributed by atoms with van der Waals surface area (Å²) >= 11 is 3.87. The van der Waals surface area contributed by atoms with Crippen LogP contribution in [0.4, 0.5) is 4.39 Å². The van der Waals surface area contributed by atoms with Gasteiger partial charge in [0.15, 0.2) is 6.10 Å². The standard InChI is InChI=1S/C28H28FNO4S/c1-28(2,3)34-23(31)15-22(27(32)30-35)18-9-12-20(13-10-18)33-26-24-19(16-29)11-14-21(25(24)26)17-7-5-4-6-8-17/h4-14,22,26,35H,15-16H2,1-3H3,(H,30,32). The summed E-state index contributed by atoms with van der Waals surface area (Å²) in [7, 11) is 0. The quantitative estimate of drug-likeness (QED) is 0.295. The number of fused-ring (bicyclic) bond motifs is 1. The number of esters is 1. The van der Waals surface area contributed by atoms with Gasteiger partial charge in [0.1, 0.15) is 18.0 Å². The zero-order valence-corrected chi connectivity index (χ0v) is 20.8. The van der Waals surface area contributed by atoms with E-state index < -0.39 is 30.1 Å². The van der Waals surface area contributed by atoms with Gasteiger partial charge in [-0.3, -0.25) is 9.59 Å². The number of rotatable bonds is 8. The second-order valence-corrected chi connectivity index (χ2v) is 9.71. The molecule has 1 aliphatic carbocycles. The topological polar surface area (TPSA) is 64.6 Å². The molecule has 0 bridgehead atoms. The fourth-order valence-corrected chi connectivity index (χ4v) is 4.36. The first-order valence-corrected chi connectivity index (χ1v) is 11.9. The van der Waals surface area contributed by atoms with Crippen LogP contribution in [0.25, 0.3) is 11.1 Å². The molecule has 0 radical (unpaired) electrons. The first-order valence-electron chi connectivity index (χ1n) is 11.4. The third-order valence-electron chi connectivity index (χ3n) is 5.80. The maximum Gasteiger partial charge on any atom is 0.307 e. The molecule has 0 heterocycles. The van der Waals surface area contributed by atoms with E-state index in [1.807, 2.05) is 42.5 Å². The Hall–Kier alpha value is -3.32. The summed E-state index contributed by atoms with van der Waals surface area (Å²) in [5.41, 5.74) is 4.58. The zero-order chi connectivity index (χ0) is 25.2. The van der Waals surface area contributed by atoms with Crippen molar-refractivity contribution >= 4 is 24.7 Å². The molecule has 2 atom stereocenters. The largest absolute Gasteiger partial charge is 0.481 e. The van der Waals surface area contributed by atoms with Crippen molar-refractivity contribution in [3.05, 3.63) is 89.0 Å². The van der Waals surface area contributed by atoms with E-state index in [2.05, 4.69) is 17.5 Å². The normalized spacial score (nSPS) is 15.1. The first-order chi connectivity index (χ1) is 16.7. The van der Waals surface area contributed by atoms with Crippen LogP contribution in [0, 0.1) is 0 Å². The molecule has 0 aliphatic heterocycles. The summed E-state index contributed by atoms with van der Waals surface area (Å²) in [4.78, 5) is 24.8. The summed E-state index contributed by atoms with van der Waals surface area (Å²) in [5, 5.41) is 0. The van der Waals surface area contributed by atoms with Gasteiger partial charge < -0.3 is 14.2 Å². The molecular weight excluding hydrogens is 465 g/mol. The minimum Gasteiger partial charge on any atom is -0.481 e. The van der Waals surface area contributed by atoms with Crippen molar-refractivity contribution in [3.63, 3.8) is 0 Å². The number of hydrogen-bond donors (Lipinski definition) is 2. The van der Waals surface area contributed by atoms with Crippen molar-refractivity contribution in [2.24, 2.45) is 0 Å². The fourth-order valence-electron chi connectivity index (χ4n) is 4.20. The molecule has 35 heavy (non-hydrogen) atoms. The predicted octanol–water partition coefficient (Wildman–Crippen LogP) is 6.08. The van der Waals surface area contributed by atoms with E-state index in [0.29, 0.717) is 16.9 Å². The van der Waals surface area contributed by atoms with Gasteiger partial charge in [-0.15, -0.1) is 0 Å². The van der Waals surface area contributed by atoms with Gasteiger partial charge in [0.05, 0.1) is 12.3 Å². The highest BCUT2D eigenvalue weighted by atomic mass is 32.1. The van der Waals surface area contributed by atoms with Crippen molar-refractivity contribution in [2.45, 2.75) is 51.5 Å². The second kappa shape index (κ2) is 10.1. The van der Waals surface area contributed by atoms with E-state index in [1.54, 1.807) is 45.0 Å². The lowest BCUT2D eigenvalue weighted by molar-refractivity contribution is -0.156. The van der Waals surface area contributed by atoms with Gasteiger partial charge in [-0.05, 0) is 55.2 Å². The lowest BCUT2D eigenvalue weighted by Gasteiger charge is -2.22. The third kappa shape index (κ3) is 5.68. The van der Waals surface area contributed by atoms with Gasteiger partial charge in [-0.25, -0.2) is 4.39 Å². The number of alkyl halides is 1. The highest BCUT2D eigenvalue weighted by Crippen LogP contribution is 2.52. The Morgan fingerprint density at radius 3 is 2.29 bits per heavy atom. The Balaban J connectivity index is 1.52. The molecule has 1 amide bonds. The molecule has 1 aliphatic rings. The molecular formula is C28H28FNO4S. The number of hydrogen-bond acceptors (Lipinski definition) is 5. The lowest BCUT2D eigenvalue weighted by Crippen LogP contribution is -2.29. The van der Waals surface area contributed by atoms with E-state index >= 15 is 0 Å². The van der Waals surface area contributed by atoms with Crippen LogP contribution in [0.2, 0.25) is 0 Å². The number of nitrogens with one attached hydrogen (secondary N) is 1. The summed E-state index contributed by atoms with van der Waals surface area (Å²) in [6.07, 6.45) is -0.437. The maximum absolute atomic E-state index is 13.6. The number of benzene rings is 3. The smallest absolute Gasteiger partial charge is 0.307 e. The van der Waals surface area contributed by atoms with Gasteiger partial charge in [0.2, 0.25) is 5.91 Å². The van der Waals surface area contributed by atoms with Gasteiger partial charge in [-0.2, -0.15) is 0 Å². The van der Waals surface area contributed by atoms with Crippen LogP contribution in [0.3, 0.4) is 0 Å². The molecule has 0 saturated heterocycles. The molecule has 0 fully saturated rings. The summed E-state index contributed by atoms with van der Waals surface area (Å²) in [6.45, 7) is 4.77. The van der Waals surface area contributed by atoms with Crippen LogP contribution in [-0.2, 0) is 21.0 Å². The number of thiol groups is 1. The van der Waals surface area contributed by atoms with Crippen molar-refractivity contribution < 1.29 is 23.5 Å². The Labute approximate surface area is 210 Å². The molecule has 0 spiro atoms. The minimum absolute atomic E-state index is 0.113. The number of ether oxygens (including phenoxy) is 2. The van der Waals surface area contributed by atoms with Crippen LogP contribution in [0.15, 0.2) is 66.7 Å². The Morgan fingerprint density at radius 1 is 1.00 bits per heavy atom. The zero-order valence-electron chi connectivity index (χ0n) is 19.9. The molecule has 1 N–H and O–H groups in total. The number of carbonyl (C=O) groups excluding carboxylic acids is 2. The van der Waals surface area contributed by atoms with E-state index in [-0.39, 0.29) is 12.5 Å². The number of halogens is 1. The van der Waals surface area contributed by atoms with Crippen LogP contribution < -0.4 is 9.46 Å². The fraction of sp³-hybridized carbons (Fsp3) is 0.286. The van der Waals surface area contributed by atoms with Crippen LogP contribution in [0.1, 0.15) is 61.5 Å². The molecule has 182 valence electrons. The second-order valence-electron chi connectivity index (χ2n) is 9.49. The van der Waals surface area contributed by atoms with Crippen molar-refractivity contribution in [3.8, 4) is 16.9 Å². The predicted molar refractivity (Wildman–Crippen MR) is 136 cm³/mol. The van der Waals surface area contributed by atoms with E-state index in [4.69, 9.17) is 9.47 Å². The average molecular weight is 494 g/mol. The Morgan fingerprint density at radius 2 is 1.69 bits per heavy atom. The summed E-state index contributed by atoms with van der Waals surface area (Å²) in [6, 6.07) is 20.7. The molecule has 4 rings (SSSR count). The monoisotopic (exact) mass is 493 g/mol. The summed E-state index contributed by atoms with van der Waals surface area (Å²) < 4.78 is 27.5. The van der Waals surface area contributed by atoms with Crippen LogP contribution in [-0.4, -0.2) is 17.5 Å². The minimum atomic E-state index is -0.752. The van der Waals surface area contributed by atoms with E-state index in [1.165, 1.54) is 0 Å². The average Bonchev–Trinajstić information content (AvgIpc) is 3.55. The van der Waals surface area contributed by atoms with E-state index in [0.717, 1.165) is 22.3 Å².